The highest BCUT2D eigenvalue weighted by Crippen LogP contribution is 2.68. The van der Waals surface area contributed by atoms with Gasteiger partial charge in [-0.05, 0) is 17.5 Å². The van der Waals surface area contributed by atoms with Gasteiger partial charge in [-0.1, -0.05) is 88.7 Å². The number of rotatable bonds is 14. The number of thioether (sulfide) groups is 1. The Morgan fingerprint density at radius 3 is 2.31 bits per heavy atom. The summed E-state index contributed by atoms with van der Waals surface area (Å²) in [6, 6.07) is 17.6. The molecular formula is C37H45BrN4O5S. The van der Waals surface area contributed by atoms with Crippen molar-refractivity contribution in [3.63, 3.8) is 0 Å². The van der Waals surface area contributed by atoms with Gasteiger partial charge in [0.15, 0.2) is 0 Å². The number of halogens is 1. The average molecular weight is 738 g/mol. The Morgan fingerprint density at radius 1 is 1.02 bits per heavy atom. The van der Waals surface area contributed by atoms with Crippen LogP contribution < -0.4 is 0 Å². The Kier molecular flexibility index (Phi) is 11.1. The molecule has 2 aromatic carbocycles. The number of amides is 3. The number of benzene rings is 2. The number of hydrogen-bond donors (Lipinski definition) is 1. The molecule has 4 aliphatic heterocycles. The van der Waals surface area contributed by atoms with Crippen molar-refractivity contribution >= 4 is 45.4 Å². The predicted molar refractivity (Wildman–Crippen MR) is 191 cm³/mol. The molecular weight excluding hydrogens is 692 g/mol. The first kappa shape index (κ1) is 34.9. The molecule has 4 aliphatic rings. The Bertz CT molecular complexity index is 1480. The molecule has 0 aliphatic carbocycles. The van der Waals surface area contributed by atoms with Gasteiger partial charge in [-0.3, -0.25) is 19.3 Å². The van der Waals surface area contributed by atoms with E-state index in [1.807, 2.05) is 60.7 Å². The van der Waals surface area contributed by atoms with E-state index in [-0.39, 0.29) is 34.4 Å². The largest absolute Gasteiger partial charge is 0.394 e. The van der Waals surface area contributed by atoms with Gasteiger partial charge in [0.05, 0.1) is 42.4 Å². The van der Waals surface area contributed by atoms with Gasteiger partial charge in [0.2, 0.25) is 17.7 Å². The number of alkyl halides is 1. The van der Waals surface area contributed by atoms with Crippen LogP contribution in [0.1, 0.15) is 23.6 Å². The molecule has 4 saturated heterocycles. The fourth-order valence-corrected chi connectivity index (χ4v) is 11.7. The number of carbonyl (C=O) groups excluding carboxylic acids is 3. The Balaban J connectivity index is 1.39. The molecule has 2 bridgehead atoms. The van der Waals surface area contributed by atoms with E-state index in [1.54, 1.807) is 38.6 Å². The Labute approximate surface area is 296 Å². The number of nitrogens with zero attached hydrogens (tertiary/aromatic N) is 4. The number of fused-ring (bicyclic) bond motifs is 1. The molecule has 0 aromatic heterocycles. The monoisotopic (exact) mass is 736 g/mol. The molecule has 11 heteroatoms. The van der Waals surface area contributed by atoms with Gasteiger partial charge in [0, 0.05) is 55.9 Å². The molecule has 3 unspecified atom stereocenters. The number of hydrogen-bond acceptors (Lipinski definition) is 7. The van der Waals surface area contributed by atoms with E-state index < -0.39 is 28.7 Å². The molecule has 0 saturated carbocycles. The summed E-state index contributed by atoms with van der Waals surface area (Å²) in [5.41, 5.74) is 1.74. The van der Waals surface area contributed by atoms with Crippen LogP contribution in [-0.4, -0.2) is 122 Å². The molecule has 3 amide bonds. The first-order valence-corrected chi connectivity index (χ1v) is 18.6. The lowest BCUT2D eigenvalue weighted by molar-refractivity contribution is -0.147. The zero-order chi connectivity index (χ0) is 33.8. The van der Waals surface area contributed by atoms with Crippen molar-refractivity contribution in [3.8, 4) is 0 Å². The third-order valence-electron chi connectivity index (χ3n) is 10.3. The highest BCUT2D eigenvalue weighted by atomic mass is 79.9. The second-order valence-corrected chi connectivity index (χ2v) is 15.8. The van der Waals surface area contributed by atoms with Crippen LogP contribution in [0.15, 0.2) is 86.0 Å². The third kappa shape index (κ3) is 6.52. The fourth-order valence-electron chi connectivity index (χ4n) is 8.10. The van der Waals surface area contributed by atoms with Gasteiger partial charge in [-0.15, -0.1) is 24.9 Å². The summed E-state index contributed by atoms with van der Waals surface area (Å²) in [6.45, 7) is 12.6. The molecule has 256 valence electrons. The molecule has 1 N–H and O–H groups in total. The fraction of sp³-hybridized carbons (Fsp3) is 0.486. The lowest BCUT2D eigenvalue weighted by Crippen LogP contribution is -2.57. The third-order valence-corrected chi connectivity index (χ3v) is 13.5. The van der Waals surface area contributed by atoms with Crippen molar-refractivity contribution in [2.45, 2.75) is 39.9 Å². The zero-order valence-electron chi connectivity index (χ0n) is 27.2. The summed E-state index contributed by atoms with van der Waals surface area (Å²) in [7, 11) is 0. The van der Waals surface area contributed by atoms with Gasteiger partial charge < -0.3 is 24.5 Å². The number of carbonyl (C=O) groups is 3. The van der Waals surface area contributed by atoms with Gasteiger partial charge in [0.1, 0.15) is 6.04 Å². The maximum absolute atomic E-state index is 15.0. The van der Waals surface area contributed by atoms with Gasteiger partial charge in [-0.2, -0.15) is 0 Å². The number of aliphatic hydroxyl groups excluding tert-OH is 1. The van der Waals surface area contributed by atoms with Crippen LogP contribution in [0.2, 0.25) is 0 Å². The van der Waals surface area contributed by atoms with Crippen molar-refractivity contribution in [1.29, 1.82) is 0 Å². The number of ether oxygens (including phenoxy) is 1. The van der Waals surface area contributed by atoms with Crippen LogP contribution in [0.3, 0.4) is 0 Å². The van der Waals surface area contributed by atoms with E-state index >= 15 is 4.79 Å². The van der Waals surface area contributed by atoms with E-state index in [2.05, 4.69) is 34.0 Å². The van der Waals surface area contributed by atoms with Gasteiger partial charge in [0.25, 0.3) is 0 Å². The molecule has 6 rings (SSSR count). The molecule has 9 nitrogen and oxygen atoms in total. The smallest absolute Gasteiger partial charge is 0.247 e. The summed E-state index contributed by atoms with van der Waals surface area (Å²) in [4.78, 5) is 52.1. The van der Waals surface area contributed by atoms with Crippen molar-refractivity contribution in [3.05, 3.63) is 97.1 Å². The quantitative estimate of drug-likeness (QED) is 0.234. The Hall–Kier alpha value is -2.96. The van der Waals surface area contributed by atoms with Crippen LogP contribution in [0.25, 0.3) is 0 Å². The van der Waals surface area contributed by atoms with Crippen LogP contribution in [0, 0.1) is 11.8 Å². The minimum Gasteiger partial charge on any atom is -0.394 e. The number of likely N-dealkylation sites (tertiary alicyclic amines) is 1. The summed E-state index contributed by atoms with van der Waals surface area (Å²) in [6.07, 6.45) is 4.01. The molecule has 2 aromatic rings. The maximum Gasteiger partial charge on any atom is 0.247 e. The van der Waals surface area contributed by atoms with Gasteiger partial charge >= 0.3 is 0 Å². The van der Waals surface area contributed by atoms with Crippen molar-refractivity contribution in [2.75, 3.05) is 59.1 Å². The van der Waals surface area contributed by atoms with Crippen LogP contribution >= 0.6 is 27.7 Å². The van der Waals surface area contributed by atoms with Gasteiger partial charge in [-0.25, -0.2) is 0 Å². The van der Waals surface area contributed by atoms with Crippen LogP contribution in [-0.2, 0) is 25.7 Å². The molecule has 7 atom stereocenters. The standard InChI is InChI=1S/C37H45BrN4O5S/c1-3-15-40(18-17-39-19-21-47-22-20-39)36(46)33-37-23-28(38)32(48-37)30(34(44)41(16-4-2)24-26-11-7-5-8-12-26)31(37)35(45)42(33)29(25-43)27-13-9-6-10-14-27/h3-14,28-33,43H,1-2,15-25H2/t28?,29-,30+,31+,32+,33?,37?/m1/s1. The second-order valence-electron chi connectivity index (χ2n) is 13.0. The van der Waals surface area contributed by atoms with Crippen molar-refractivity contribution < 1.29 is 24.2 Å². The van der Waals surface area contributed by atoms with E-state index in [9.17, 15) is 14.7 Å². The normalized spacial score (nSPS) is 28.6. The summed E-state index contributed by atoms with van der Waals surface area (Å²) >= 11 is 5.53. The maximum atomic E-state index is 15.0. The van der Waals surface area contributed by atoms with Crippen molar-refractivity contribution in [2.24, 2.45) is 11.8 Å². The number of morpholine rings is 1. The average Bonchev–Trinajstić information content (AvgIpc) is 3.71. The summed E-state index contributed by atoms with van der Waals surface area (Å²) in [5.74, 6) is -1.87. The molecule has 4 heterocycles. The molecule has 0 radical (unpaired) electrons. The van der Waals surface area contributed by atoms with E-state index in [0.29, 0.717) is 52.4 Å². The van der Waals surface area contributed by atoms with Crippen LogP contribution in [0.5, 0.6) is 0 Å². The highest BCUT2D eigenvalue weighted by molar-refractivity contribution is 9.09. The molecule has 1 spiro atoms. The van der Waals surface area contributed by atoms with E-state index in [1.165, 1.54) is 0 Å². The molecule has 4 fully saturated rings. The SMILES string of the molecule is C=CCN(CCN1CCOCC1)C(=O)C1N([C@H](CO)c2ccccc2)C(=O)[C@@H]2[C@H](C(=O)N(CC=C)Cc3ccccc3)[C@H]3SC12CC3Br. The van der Waals surface area contributed by atoms with Crippen LogP contribution in [0.4, 0.5) is 0 Å². The molecule has 48 heavy (non-hydrogen) atoms. The Morgan fingerprint density at radius 2 is 1.67 bits per heavy atom. The highest BCUT2D eigenvalue weighted by Gasteiger charge is 2.76. The van der Waals surface area contributed by atoms with E-state index in [4.69, 9.17) is 4.74 Å². The van der Waals surface area contributed by atoms with Crippen molar-refractivity contribution in [1.82, 2.24) is 19.6 Å². The minimum atomic E-state index is -0.869. The number of aliphatic hydroxyl groups is 1. The summed E-state index contributed by atoms with van der Waals surface area (Å²) < 4.78 is 4.68. The first-order valence-electron chi connectivity index (χ1n) is 16.8. The first-order chi connectivity index (χ1) is 23.3. The topological polar surface area (TPSA) is 93.6 Å². The lowest BCUT2D eigenvalue weighted by atomic mass is 9.70. The lowest BCUT2D eigenvalue weighted by Gasteiger charge is -2.40. The van der Waals surface area contributed by atoms with E-state index in [0.717, 1.165) is 24.2 Å². The predicted octanol–water partition coefficient (Wildman–Crippen LogP) is 3.75. The second kappa shape index (κ2) is 15.3. The minimum absolute atomic E-state index is 0.0661. The zero-order valence-corrected chi connectivity index (χ0v) is 29.6. The summed E-state index contributed by atoms with van der Waals surface area (Å²) in [5, 5.41) is 10.7.